The van der Waals surface area contributed by atoms with Gasteiger partial charge in [-0.15, -0.1) is 0 Å². The molecule has 12 aliphatic carbocycles. The van der Waals surface area contributed by atoms with Crippen LogP contribution < -0.4 is 0 Å². The summed E-state index contributed by atoms with van der Waals surface area (Å²) in [5.74, 6) is 4.22. The first-order valence-electron chi connectivity index (χ1n) is 33.3. The van der Waals surface area contributed by atoms with Crippen molar-refractivity contribution < 1.29 is 57.2 Å². The second-order valence-corrected chi connectivity index (χ2v) is 30.2. The van der Waals surface area contributed by atoms with Crippen molar-refractivity contribution in [3.8, 4) is 0 Å². The molecule has 13 atom stereocenters. The third kappa shape index (κ3) is 16.3. The highest BCUT2D eigenvalue weighted by molar-refractivity contribution is 5.78. The molecule has 500 valence electrons. The lowest BCUT2D eigenvalue weighted by molar-refractivity contribution is -0.217. The normalized spacial score (nSPS) is 36.0. The first kappa shape index (κ1) is 77.1. The second-order valence-electron chi connectivity index (χ2n) is 30.2. The number of carbonyl (C=O) groups excluding carboxylic acids is 6. The van der Waals surface area contributed by atoms with Crippen LogP contribution >= 0.6 is 0 Å². The lowest BCUT2D eigenvalue weighted by atomic mass is 9.49. The summed E-state index contributed by atoms with van der Waals surface area (Å²) in [4.78, 5) is 76.5. The van der Waals surface area contributed by atoms with Gasteiger partial charge in [-0.2, -0.15) is 0 Å². The van der Waals surface area contributed by atoms with E-state index in [2.05, 4.69) is 20.8 Å². The molecule has 0 aliphatic heterocycles. The number of hydrogen-bond donors (Lipinski definition) is 0. The van der Waals surface area contributed by atoms with Crippen molar-refractivity contribution in [3.63, 3.8) is 0 Å². The van der Waals surface area contributed by atoms with E-state index in [1.807, 2.05) is 55.4 Å². The minimum atomic E-state index is -0.452. The Labute approximate surface area is 526 Å². The van der Waals surface area contributed by atoms with Crippen LogP contribution in [0.3, 0.4) is 0 Å². The van der Waals surface area contributed by atoms with Crippen molar-refractivity contribution >= 4 is 35.8 Å². The quantitative estimate of drug-likeness (QED) is 0.100. The molecule has 0 aromatic rings. The van der Waals surface area contributed by atoms with Crippen molar-refractivity contribution in [2.75, 3.05) is 0 Å². The molecule has 0 spiro atoms. The molecule has 12 rings (SSSR count). The molecular weight excluding hydrogens is 1080 g/mol. The zero-order valence-electron chi connectivity index (χ0n) is 51.7. The highest BCUT2D eigenvalue weighted by Crippen LogP contribution is 2.62. The van der Waals surface area contributed by atoms with E-state index in [0.29, 0.717) is 29.6 Å². The van der Waals surface area contributed by atoms with E-state index in [1.54, 1.807) is 0 Å². The molecule has 0 aromatic carbocycles. The molecule has 10 bridgehead atoms. The van der Waals surface area contributed by atoms with Gasteiger partial charge in [0.1, 0.15) is 35.1 Å². The van der Waals surface area contributed by atoms with Gasteiger partial charge >= 0.3 is 35.8 Å². The fourth-order valence-corrected chi connectivity index (χ4v) is 18.2. The van der Waals surface area contributed by atoms with Crippen LogP contribution in [-0.2, 0) is 57.2 Å². The van der Waals surface area contributed by atoms with Gasteiger partial charge in [0.15, 0.2) is 0 Å². The molecule has 0 radical (unpaired) electrons. The first-order valence-corrected chi connectivity index (χ1v) is 33.3. The predicted octanol–water partition coefficient (Wildman–Crippen LogP) is 18.6. The first-order chi connectivity index (χ1) is 38.0. The van der Waals surface area contributed by atoms with Gasteiger partial charge in [0.2, 0.25) is 0 Å². The van der Waals surface area contributed by atoms with Crippen LogP contribution in [-0.4, -0.2) is 70.9 Å². The van der Waals surface area contributed by atoms with E-state index in [-0.39, 0.29) is 157 Å². The average molecular weight is 1210 g/mol. The highest BCUT2D eigenvalue weighted by Gasteiger charge is 2.61. The van der Waals surface area contributed by atoms with Crippen LogP contribution in [0.4, 0.5) is 0 Å². The van der Waals surface area contributed by atoms with E-state index in [1.165, 1.54) is 44.9 Å². The summed E-state index contributed by atoms with van der Waals surface area (Å²) >= 11 is 0. The molecule has 0 saturated heterocycles. The molecule has 12 saturated carbocycles. The summed E-state index contributed by atoms with van der Waals surface area (Å²) in [5, 5.41) is 0. The summed E-state index contributed by atoms with van der Waals surface area (Å²) < 4.78 is 36.2. The fourth-order valence-electron chi connectivity index (χ4n) is 18.2. The van der Waals surface area contributed by atoms with Crippen molar-refractivity contribution in [1.29, 1.82) is 0 Å². The van der Waals surface area contributed by atoms with E-state index in [9.17, 15) is 28.8 Å². The maximum atomic E-state index is 13.5. The van der Waals surface area contributed by atoms with Crippen LogP contribution in [0, 0.1) is 93.7 Å². The molecule has 12 heteroatoms. The predicted molar refractivity (Wildman–Crippen MR) is 347 cm³/mol. The Balaban J connectivity index is 0.000000327. The van der Waals surface area contributed by atoms with Gasteiger partial charge in [0.25, 0.3) is 0 Å². The molecule has 12 fully saturated rings. The highest BCUT2D eigenvalue weighted by atomic mass is 16.6. The Hall–Kier alpha value is -3.18. The van der Waals surface area contributed by atoms with E-state index in [4.69, 9.17) is 28.4 Å². The molecule has 0 N–H and O–H groups in total. The SMILES string of the molecule is C.C.C.C.C.C.CCC(C)(C)C(=O)OC1CC2CC(C(=O)OC3(C)CCCCC3)C1C2.CCC(C)C(=O)OC1CC2CC(C(=O)OC3(CC)C4CC5CC(C4)CC3C5)C1C2.CCC1(OC(=O)C2CC3CC(OC(=O)C(C)(C)CC)C2C3)CCCCC1. The molecule has 0 aromatic heterocycles. The largest absolute Gasteiger partial charge is 0.462 e. The lowest BCUT2D eigenvalue weighted by Gasteiger charge is -2.60. The average Bonchev–Trinajstić information content (AvgIpc) is 2.15. The minimum absolute atomic E-state index is 0. The molecular formula is C74H132O12. The van der Waals surface area contributed by atoms with Crippen molar-refractivity contribution in [2.45, 2.75) is 342 Å². The third-order valence-electron chi connectivity index (χ3n) is 24.2. The topological polar surface area (TPSA) is 158 Å². The van der Waals surface area contributed by atoms with Gasteiger partial charge in [0, 0.05) is 17.8 Å². The number of hydrogen-bond acceptors (Lipinski definition) is 12. The maximum absolute atomic E-state index is 13.5. The summed E-state index contributed by atoms with van der Waals surface area (Å²) in [6, 6.07) is 0. The van der Waals surface area contributed by atoms with Gasteiger partial charge in [-0.25, -0.2) is 0 Å². The van der Waals surface area contributed by atoms with Gasteiger partial charge in [-0.05, 0) is 249 Å². The van der Waals surface area contributed by atoms with Crippen molar-refractivity contribution in [3.05, 3.63) is 0 Å². The maximum Gasteiger partial charge on any atom is 0.311 e. The van der Waals surface area contributed by atoms with Gasteiger partial charge in [-0.1, -0.05) is 98.9 Å². The molecule has 86 heavy (non-hydrogen) atoms. The third-order valence-corrected chi connectivity index (χ3v) is 24.2. The summed E-state index contributed by atoms with van der Waals surface area (Å²) in [7, 11) is 0. The zero-order chi connectivity index (χ0) is 57.5. The summed E-state index contributed by atoms with van der Waals surface area (Å²) in [6.07, 6.45) is 30.0. The molecule has 0 amide bonds. The molecule has 12 aliphatic rings. The minimum Gasteiger partial charge on any atom is -0.462 e. The number of carbonyl (C=O) groups is 6. The van der Waals surface area contributed by atoms with Crippen LogP contribution in [0.25, 0.3) is 0 Å². The van der Waals surface area contributed by atoms with Crippen molar-refractivity contribution in [1.82, 2.24) is 0 Å². The number of ether oxygens (including phenoxy) is 6. The van der Waals surface area contributed by atoms with E-state index in [0.717, 1.165) is 153 Å². The Bertz CT molecular complexity index is 2170. The Morgan fingerprint density at radius 1 is 0.430 bits per heavy atom. The number of esters is 6. The van der Waals surface area contributed by atoms with Gasteiger partial charge < -0.3 is 28.4 Å². The lowest BCUT2D eigenvalue weighted by Crippen LogP contribution is -2.60. The van der Waals surface area contributed by atoms with Crippen LogP contribution in [0.2, 0.25) is 0 Å². The van der Waals surface area contributed by atoms with E-state index >= 15 is 0 Å². The van der Waals surface area contributed by atoms with Crippen molar-refractivity contribution in [2.24, 2.45) is 93.7 Å². The molecule has 13 unspecified atom stereocenters. The number of rotatable bonds is 17. The Kier molecular flexibility index (Phi) is 28.0. The van der Waals surface area contributed by atoms with Crippen LogP contribution in [0.15, 0.2) is 0 Å². The summed E-state index contributed by atoms with van der Waals surface area (Å²) in [6.45, 7) is 22.1. The molecule has 0 heterocycles. The summed E-state index contributed by atoms with van der Waals surface area (Å²) in [5.41, 5.74) is -1.64. The fraction of sp³-hybridized carbons (Fsp3) is 0.919. The number of fused-ring (bicyclic) bond motifs is 6. The van der Waals surface area contributed by atoms with E-state index < -0.39 is 10.8 Å². The second kappa shape index (κ2) is 31.2. The monoisotopic (exact) mass is 1210 g/mol. The van der Waals surface area contributed by atoms with Crippen LogP contribution in [0.5, 0.6) is 0 Å². The molecule has 12 nitrogen and oxygen atoms in total. The standard InChI is InChI=1S/C25H38O4.C22H36O4.C21H34O4.6CH4/c1-4-14(3)23(26)28-22-13-17-11-20(22)21(12-17)24(27)29-25(5-2)18-7-15-6-16(9-18)10-19(25)8-15;1-5-21(3,4)20(24)25-18-14-15-12-16(18)17(13-15)19(23)26-22(6-2)10-8-7-9-11-22;1-5-20(2,3)19(23)24-17-13-14-11-15(17)16(12-14)18(22)25-21(4)9-7-6-8-10-21;;;;;;/h14-22H,4-13H2,1-3H3;15-18H,5-14H2,1-4H3;14-17H,5-13H2,1-4H3;6*1H4. The van der Waals surface area contributed by atoms with Crippen LogP contribution in [0.1, 0.15) is 307 Å². The zero-order valence-corrected chi connectivity index (χ0v) is 51.7. The van der Waals surface area contributed by atoms with Gasteiger partial charge in [-0.3, -0.25) is 28.8 Å². The van der Waals surface area contributed by atoms with Gasteiger partial charge in [0.05, 0.1) is 34.5 Å². The smallest absolute Gasteiger partial charge is 0.311 e. The Morgan fingerprint density at radius 3 is 1.15 bits per heavy atom. The Morgan fingerprint density at radius 2 is 0.791 bits per heavy atom.